The van der Waals surface area contributed by atoms with Crippen molar-refractivity contribution in [3.8, 4) is 0 Å². The molecule has 0 spiro atoms. The van der Waals surface area contributed by atoms with Gasteiger partial charge in [0.05, 0.1) is 6.54 Å². The van der Waals surface area contributed by atoms with Crippen LogP contribution < -0.4 is 10.6 Å². The molecule has 1 rings (SSSR count). The molecule has 0 aliphatic carbocycles. The summed E-state index contributed by atoms with van der Waals surface area (Å²) in [5, 5.41) is 6.14. The van der Waals surface area contributed by atoms with Crippen molar-refractivity contribution in [3.63, 3.8) is 0 Å². The van der Waals surface area contributed by atoms with Crippen molar-refractivity contribution < 1.29 is 4.79 Å². The van der Waals surface area contributed by atoms with Gasteiger partial charge in [-0.3, -0.25) is 4.79 Å². The molecule has 0 aliphatic heterocycles. The third kappa shape index (κ3) is 6.06. The summed E-state index contributed by atoms with van der Waals surface area (Å²) in [6, 6.07) is 7.59. The topological polar surface area (TPSA) is 41.1 Å². The van der Waals surface area contributed by atoms with E-state index in [1.807, 2.05) is 24.3 Å². The van der Waals surface area contributed by atoms with Crippen LogP contribution in [0.3, 0.4) is 0 Å². The maximum absolute atomic E-state index is 11.8. The zero-order valence-electron chi connectivity index (χ0n) is 12.7. The molecular weight excluding hydrogens is 316 g/mol. The van der Waals surface area contributed by atoms with E-state index in [9.17, 15) is 4.79 Å². The van der Waals surface area contributed by atoms with Gasteiger partial charge in [-0.2, -0.15) is 0 Å². The number of carbonyl (C=O) groups excluding carboxylic acids is 1. The number of halogens is 1. The van der Waals surface area contributed by atoms with E-state index in [2.05, 4.69) is 54.3 Å². The molecule has 0 atom stereocenters. The fourth-order valence-corrected chi connectivity index (χ4v) is 2.60. The highest BCUT2D eigenvalue weighted by Gasteiger charge is 2.17. The lowest BCUT2D eigenvalue weighted by Gasteiger charge is -2.25. The van der Waals surface area contributed by atoms with E-state index in [1.165, 1.54) is 0 Å². The van der Waals surface area contributed by atoms with E-state index in [4.69, 9.17) is 0 Å². The normalized spacial score (nSPS) is 11.4. The van der Waals surface area contributed by atoms with E-state index in [0.717, 1.165) is 16.7 Å². The molecule has 2 N–H and O–H groups in total. The molecule has 0 aliphatic rings. The number of amides is 1. The molecule has 3 nitrogen and oxygen atoms in total. The molecule has 1 aromatic carbocycles. The first-order valence-electron chi connectivity index (χ1n) is 7.16. The number of hydrogen-bond acceptors (Lipinski definition) is 2. The molecule has 0 bridgehead atoms. The van der Waals surface area contributed by atoms with Crippen LogP contribution in [0.15, 0.2) is 28.7 Å². The second-order valence-corrected chi connectivity index (χ2v) is 6.75. The Morgan fingerprint density at radius 2 is 1.65 bits per heavy atom. The van der Waals surface area contributed by atoms with Crippen molar-refractivity contribution in [2.45, 2.75) is 27.7 Å². The highest BCUT2D eigenvalue weighted by molar-refractivity contribution is 9.10. The SMILES string of the molecule is CC(C)C(CNCC(=O)Nc1ccc(Br)cc1)C(C)C. The molecule has 0 aromatic heterocycles. The van der Waals surface area contributed by atoms with Crippen molar-refractivity contribution in [2.24, 2.45) is 17.8 Å². The number of rotatable bonds is 7. The van der Waals surface area contributed by atoms with Crippen LogP contribution in [0.25, 0.3) is 0 Å². The third-order valence-electron chi connectivity index (χ3n) is 3.51. The summed E-state index contributed by atoms with van der Waals surface area (Å²) >= 11 is 3.37. The Balaban J connectivity index is 2.34. The minimum absolute atomic E-state index is 0.00131. The van der Waals surface area contributed by atoms with Crippen LogP contribution in [-0.2, 0) is 4.79 Å². The largest absolute Gasteiger partial charge is 0.325 e. The highest BCUT2D eigenvalue weighted by atomic mass is 79.9. The average molecular weight is 341 g/mol. The van der Waals surface area contributed by atoms with Crippen LogP contribution in [0.5, 0.6) is 0 Å². The van der Waals surface area contributed by atoms with Gasteiger partial charge in [0.25, 0.3) is 0 Å². The van der Waals surface area contributed by atoms with Crippen molar-refractivity contribution in [1.82, 2.24) is 5.32 Å². The number of benzene rings is 1. The maximum atomic E-state index is 11.8. The molecule has 0 heterocycles. The Kier molecular flexibility index (Phi) is 7.24. The van der Waals surface area contributed by atoms with Gasteiger partial charge >= 0.3 is 0 Å². The lowest BCUT2D eigenvalue weighted by atomic mass is 9.85. The standard InChI is InChI=1S/C16H25BrN2O/c1-11(2)15(12(3)4)9-18-10-16(20)19-14-7-5-13(17)6-8-14/h5-8,11-12,15,18H,9-10H2,1-4H3,(H,19,20). The molecule has 1 aromatic rings. The maximum Gasteiger partial charge on any atom is 0.238 e. The summed E-state index contributed by atoms with van der Waals surface area (Å²) in [6.07, 6.45) is 0. The molecule has 20 heavy (non-hydrogen) atoms. The smallest absolute Gasteiger partial charge is 0.238 e. The molecular formula is C16H25BrN2O. The molecule has 4 heteroatoms. The number of nitrogens with one attached hydrogen (secondary N) is 2. The van der Waals surface area contributed by atoms with E-state index >= 15 is 0 Å². The molecule has 0 fully saturated rings. The third-order valence-corrected chi connectivity index (χ3v) is 4.03. The Bertz CT molecular complexity index is 407. The Morgan fingerprint density at radius 3 is 2.15 bits per heavy atom. The lowest BCUT2D eigenvalue weighted by Crippen LogP contribution is -2.35. The van der Waals surface area contributed by atoms with E-state index in [1.54, 1.807) is 0 Å². The van der Waals surface area contributed by atoms with Crippen LogP contribution in [0.2, 0.25) is 0 Å². The first-order chi connectivity index (χ1) is 9.40. The quantitative estimate of drug-likeness (QED) is 0.790. The van der Waals surface area contributed by atoms with E-state index in [0.29, 0.717) is 24.3 Å². The molecule has 0 saturated heterocycles. The van der Waals surface area contributed by atoms with Gasteiger partial charge < -0.3 is 10.6 Å². The lowest BCUT2D eigenvalue weighted by molar-refractivity contribution is -0.115. The van der Waals surface area contributed by atoms with Gasteiger partial charge in [0.2, 0.25) is 5.91 Å². The molecule has 0 saturated carbocycles. The summed E-state index contributed by atoms with van der Waals surface area (Å²) in [6.45, 7) is 10.2. The van der Waals surface area contributed by atoms with Gasteiger partial charge in [-0.15, -0.1) is 0 Å². The summed E-state index contributed by atoms with van der Waals surface area (Å²) < 4.78 is 1.00. The Hall–Kier alpha value is -0.870. The highest BCUT2D eigenvalue weighted by Crippen LogP contribution is 2.19. The van der Waals surface area contributed by atoms with Crippen molar-refractivity contribution in [2.75, 3.05) is 18.4 Å². The van der Waals surface area contributed by atoms with Gasteiger partial charge in [0.1, 0.15) is 0 Å². The number of anilines is 1. The van der Waals surface area contributed by atoms with Crippen molar-refractivity contribution >= 4 is 27.5 Å². The van der Waals surface area contributed by atoms with Crippen LogP contribution in [0, 0.1) is 17.8 Å². The van der Waals surface area contributed by atoms with Gasteiger partial charge in [-0.05, 0) is 48.6 Å². The Labute approximate surface area is 130 Å². The van der Waals surface area contributed by atoms with Gasteiger partial charge in [0, 0.05) is 10.2 Å². The minimum Gasteiger partial charge on any atom is -0.325 e. The molecule has 0 radical (unpaired) electrons. The van der Waals surface area contributed by atoms with Gasteiger partial charge in [0.15, 0.2) is 0 Å². The predicted molar refractivity (Wildman–Crippen MR) is 88.8 cm³/mol. The first-order valence-corrected chi connectivity index (χ1v) is 7.95. The van der Waals surface area contributed by atoms with Crippen LogP contribution in [0.4, 0.5) is 5.69 Å². The second-order valence-electron chi connectivity index (χ2n) is 5.84. The number of hydrogen-bond donors (Lipinski definition) is 2. The van der Waals surface area contributed by atoms with E-state index < -0.39 is 0 Å². The fourth-order valence-electron chi connectivity index (χ4n) is 2.33. The van der Waals surface area contributed by atoms with Gasteiger partial charge in [-0.25, -0.2) is 0 Å². The predicted octanol–water partition coefficient (Wildman–Crippen LogP) is 3.91. The molecule has 112 valence electrons. The summed E-state index contributed by atoms with van der Waals surface area (Å²) in [7, 11) is 0. The molecule has 1 amide bonds. The summed E-state index contributed by atoms with van der Waals surface area (Å²) in [5.41, 5.74) is 0.823. The first kappa shape index (κ1) is 17.2. The van der Waals surface area contributed by atoms with Crippen molar-refractivity contribution in [1.29, 1.82) is 0 Å². The van der Waals surface area contributed by atoms with Crippen LogP contribution in [0.1, 0.15) is 27.7 Å². The summed E-state index contributed by atoms with van der Waals surface area (Å²) in [4.78, 5) is 11.8. The average Bonchev–Trinajstić information content (AvgIpc) is 2.36. The fraction of sp³-hybridized carbons (Fsp3) is 0.562. The zero-order chi connectivity index (χ0) is 15.1. The minimum atomic E-state index is -0.00131. The number of carbonyl (C=O) groups is 1. The second kappa shape index (κ2) is 8.42. The molecule has 0 unspecified atom stereocenters. The summed E-state index contributed by atoms with van der Waals surface area (Å²) in [5.74, 6) is 1.84. The zero-order valence-corrected chi connectivity index (χ0v) is 14.3. The van der Waals surface area contributed by atoms with E-state index in [-0.39, 0.29) is 5.91 Å². The van der Waals surface area contributed by atoms with Gasteiger partial charge in [-0.1, -0.05) is 43.6 Å². The monoisotopic (exact) mass is 340 g/mol. The van der Waals surface area contributed by atoms with Crippen LogP contribution >= 0.6 is 15.9 Å². The van der Waals surface area contributed by atoms with Crippen molar-refractivity contribution in [3.05, 3.63) is 28.7 Å². The Morgan fingerprint density at radius 1 is 1.10 bits per heavy atom. The van der Waals surface area contributed by atoms with Crippen LogP contribution in [-0.4, -0.2) is 19.0 Å².